The van der Waals surface area contributed by atoms with Crippen LogP contribution >= 0.6 is 0 Å². The molecule has 0 saturated heterocycles. The van der Waals surface area contributed by atoms with Gasteiger partial charge in [-0.25, -0.2) is 4.98 Å². The van der Waals surface area contributed by atoms with Crippen LogP contribution in [0.15, 0.2) is 12.3 Å². The topological polar surface area (TPSA) is 42.4 Å². The number of aliphatic hydroxyl groups excluding tert-OH is 1. The van der Waals surface area contributed by atoms with Gasteiger partial charge < -0.3 is 9.84 Å². The summed E-state index contributed by atoms with van der Waals surface area (Å²) in [6.07, 6.45) is 5.17. The van der Waals surface area contributed by atoms with Crippen LogP contribution in [0.25, 0.3) is 0 Å². The van der Waals surface area contributed by atoms with E-state index in [4.69, 9.17) is 4.74 Å². The molecule has 0 unspecified atom stereocenters. The normalized spacial score (nSPS) is 18.3. The molecule has 3 heteroatoms. The summed E-state index contributed by atoms with van der Waals surface area (Å²) in [6, 6.07) is 2.08. The fraction of sp³-hybridized carbons (Fsp3) is 0.583. The zero-order chi connectivity index (χ0) is 10.9. The first kappa shape index (κ1) is 10.4. The van der Waals surface area contributed by atoms with Crippen molar-refractivity contribution in [1.29, 1.82) is 0 Å². The number of hydrogen-bond donors (Lipinski definition) is 1. The van der Waals surface area contributed by atoms with Gasteiger partial charge >= 0.3 is 0 Å². The van der Waals surface area contributed by atoms with Gasteiger partial charge in [-0.15, -0.1) is 0 Å². The minimum Gasteiger partial charge on any atom is -0.481 e. The fourth-order valence-corrected chi connectivity index (χ4v) is 2.21. The highest BCUT2D eigenvalue weighted by Gasteiger charge is 2.38. The lowest BCUT2D eigenvalue weighted by Crippen LogP contribution is -2.38. The van der Waals surface area contributed by atoms with Gasteiger partial charge in [-0.3, -0.25) is 0 Å². The molecule has 1 aromatic heterocycles. The standard InChI is InChI=1S/C12H17NO2/c1-9-6-10(7-13-11(9)15-2)12(8-14)4-3-5-12/h6-7,14H,3-5,8H2,1-2H3. The average molecular weight is 207 g/mol. The molecular formula is C12H17NO2. The third kappa shape index (κ3) is 1.61. The highest BCUT2D eigenvalue weighted by Crippen LogP contribution is 2.43. The van der Waals surface area contributed by atoms with E-state index >= 15 is 0 Å². The molecule has 0 atom stereocenters. The number of pyridine rings is 1. The molecule has 0 amide bonds. The molecule has 1 aliphatic carbocycles. The number of methoxy groups -OCH3 is 1. The van der Waals surface area contributed by atoms with E-state index in [9.17, 15) is 5.11 Å². The van der Waals surface area contributed by atoms with Gasteiger partial charge in [0.2, 0.25) is 5.88 Å². The van der Waals surface area contributed by atoms with Crippen molar-refractivity contribution in [2.45, 2.75) is 31.6 Å². The van der Waals surface area contributed by atoms with Crippen LogP contribution in [0, 0.1) is 6.92 Å². The monoisotopic (exact) mass is 207 g/mol. The quantitative estimate of drug-likeness (QED) is 0.822. The number of hydrogen-bond acceptors (Lipinski definition) is 3. The molecule has 0 aromatic carbocycles. The summed E-state index contributed by atoms with van der Waals surface area (Å²) in [4.78, 5) is 4.26. The largest absolute Gasteiger partial charge is 0.481 e. The molecule has 1 saturated carbocycles. The van der Waals surface area contributed by atoms with Crippen LogP contribution in [0.2, 0.25) is 0 Å². The number of aryl methyl sites for hydroxylation is 1. The summed E-state index contributed by atoms with van der Waals surface area (Å²) in [7, 11) is 1.63. The van der Waals surface area contributed by atoms with Crippen molar-refractivity contribution in [2.75, 3.05) is 13.7 Å². The lowest BCUT2D eigenvalue weighted by molar-refractivity contribution is 0.119. The lowest BCUT2D eigenvalue weighted by Gasteiger charge is -2.40. The Bertz CT molecular complexity index is 353. The van der Waals surface area contributed by atoms with E-state index in [0.29, 0.717) is 5.88 Å². The van der Waals surface area contributed by atoms with E-state index in [1.807, 2.05) is 13.1 Å². The number of aliphatic hydroxyl groups is 1. The molecule has 1 aromatic rings. The van der Waals surface area contributed by atoms with Crippen LogP contribution in [0.4, 0.5) is 0 Å². The third-order valence-corrected chi connectivity index (χ3v) is 3.45. The summed E-state index contributed by atoms with van der Waals surface area (Å²) < 4.78 is 5.12. The van der Waals surface area contributed by atoms with Crippen molar-refractivity contribution in [1.82, 2.24) is 4.98 Å². The molecule has 1 N–H and O–H groups in total. The van der Waals surface area contributed by atoms with E-state index in [0.717, 1.165) is 24.0 Å². The molecule has 0 spiro atoms. The van der Waals surface area contributed by atoms with Crippen LogP contribution in [-0.2, 0) is 5.41 Å². The van der Waals surface area contributed by atoms with Gasteiger partial charge in [0.05, 0.1) is 13.7 Å². The zero-order valence-electron chi connectivity index (χ0n) is 9.29. The molecule has 0 bridgehead atoms. The van der Waals surface area contributed by atoms with Crippen LogP contribution in [0.1, 0.15) is 30.4 Å². The molecule has 1 fully saturated rings. The highest BCUT2D eigenvalue weighted by atomic mass is 16.5. The Morgan fingerprint density at radius 3 is 2.67 bits per heavy atom. The third-order valence-electron chi connectivity index (χ3n) is 3.45. The van der Waals surface area contributed by atoms with Gasteiger partial charge in [0, 0.05) is 17.2 Å². The molecule has 15 heavy (non-hydrogen) atoms. The lowest BCUT2D eigenvalue weighted by atomic mass is 9.65. The van der Waals surface area contributed by atoms with Crippen molar-refractivity contribution >= 4 is 0 Å². The van der Waals surface area contributed by atoms with Crippen molar-refractivity contribution in [2.24, 2.45) is 0 Å². The maximum absolute atomic E-state index is 9.45. The summed E-state index contributed by atoms with van der Waals surface area (Å²) in [5.74, 6) is 0.672. The van der Waals surface area contributed by atoms with Crippen molar-refractivity contribution in [3.05, 3.63) is 23.4 Å². The molecule has 3 nitrogen and oxygen atoms in total. The molecule has 0 aliphatic heterocycles. The number of rotatable bonds is 3. The van der Waals surface area contributed by atoms with Gasteiger partial charge in [0.15, 0.2) is 0 Å². The molecule has 0 radical (unpaired) electrons. The molecule has 82 valence electrons. The minimum absolute atomic E-state index is 0.0238. The highest BCUT2D eigenvalue weighted by molar-refractivity contribution is 5.34. The van der Waals surface area contributed by atoms with Gasteiger partial charge in [0.1, 0.15) is 0 Å². The Hall–Kier alpha value is -1.09. The van der Waals surface area contributed by atoms with Gasteiger partial charge in [-0.2, -0.15) is 0 Å². The van der Waals surface area contributed by atoms with Crippen LogP contribution < -0.4 is 4.74 Å². The van der Waals surface area contributed by atoms with Crippen molar-refractivity contribution < 1.29 is 9.84 Å². The smallest absolute Gasteiger partial charge is 0.215 e. The van der Waals surface area contributed by atoms with Gasteiger partial charge in [0.25, 0.3) is 0 Å². The second-order valence-corrected chi connectivity index (χ2v) is 4.34. The summed E-state index contributed by atoms with van der Waals surface area (Å²) in [5, 5.41) is 9.45. The first-order valence-electron chi connectivity index (χ1n) is 5.34. The number of aromatic nitrogens is 1. The molecule has 1 aliphatic rings. The second-order valence-electron chi connectivity index (χ2n) is 4.34. The molecule has 1 heterocycles. The van der Waals surface area contributed by atoms with Crippen molar-refractivity contribution in [3.63, 3.8) is 0 Å². The Balaban J connectivity index is 2.33. The first-order chi connectivity index (χ1) is 7.22. The van der Waals surface area contributed by atoms with E-state index in [-0.39, 0.29) is 12.0 Å². The average Bonchev–Trinajstić information content (AvgIpc) is 2.17. The maximum atomic E-state index is 9.45. The molecule has 2 rings (SSSR count). The van der Waals surface area contributed by atoms with Crippen LogP contribution in [-0.4, -0.2) is 23.8 Å². The van der Waals surface area contributed by atoms with E-state index in [1.54, 1.807) is 7.11 Å². The van der Waals surface area contributed by atoms with Crippen molar-refractivity contribution in [3.8, 4) is 5.88 Å². The van der Waals surface area contributed by atoms with E-state index in [2.05, 4.69) is 11.1 Å². The second kappa shape index (κ2) is 3.81. The Kier molecular flexibility index (Phi) is 2.65. The van der Waals surface area contributed by atoms with Crippen LogP contribution in [0.5, 0.6) is 5.88 Å². The summed E-state index contributed by atoms with van der Waals surface area (Å²) in [6.45, 7) is 2.21. The molecular weight excluding hydrogens is 190 g/mol. The SMILES string of the molecule is COc1ncc(C2(CO)CCC2)cc1C. The maximum Gasteiger partial charge on any atom is 0.215 e. The predicted octanol–water partition coefficient (Wildman–Crippen LogP) is 1.81. The van der Waals surface area contributed by atoms with E-state index in [1.165, 1.54) is 6.42 Å². The van der Waals surface area contributed by atoms with Gasteiger partial charge in [-0.1, -0.05) is 6.42 Å². The minimum atomic E-state index is -0.0238. The first-order valence-corrected chi connectivity index (χ1v) is 5.34. The number of nitrogens with zero attached hydrogens (tertiary/aromatic N) is 1. The Morgan fingerprint density at radius 2 is 2.27 bits per heavy atom. The summed E-state index contributed by atoms with van der Waals surface area (Å²) in [5.41, 5.74) is 2.16. The number of ether oxygens (including phenoxy) is 1. The van der Waals surface area contributed by atoms with Crippen LogP contribution in [0.3, 0.4) is 0 Å². The fourth-order valence-electron chi connectivity index (χ4n) is 2.21. The Labute approximate surface area is 90.1 Å². The predicted molar refractivity (Wildman–Crippen MR) is 58.1 cm³/mol. The zero-order valence-corrected chi connectivity index (χ0v) is 9.29. The van der Waals surface area contributed by atoms with Gasteiger partial charge in [-0.05, 0) is 31.4 Å². The van der Waals surface area contributed by atoms with E-state index < -0.39 is 0 Å². The summed E-state index contributed by atoms with van der Waals surface area (Å²) >= 11 is 0. The Morgan fingerprint density at radius 1 is 1.53 bits per heavy atom.